The highest BCUT2D eigenvalue weighted by molar-refractivity contribution is 6.29. The molecule has 4 aromatic heterocycles. The predicted molar refractivity (Wildman–Crippen MR) is 237 cm³/mol. The predicted octanol–water partition coefficient (Wildman–Crippen LogP) is 14.2. The van der Waals surface area contributed by atoms with Crippen molar-refractivity contribution in [3.63, 3.8) is 0 Å². The van der Waals surface area contributed by atoms with E-state index in [1.165, 1.54) is 0 Å². The molecule has 0 aliphatic heterocycles. The molecule has 0 aliphatic rings. The molecule has 0 unspecified atom stereocenters. The van der Waals surface area contributed by atoms with Gasteiger partial charge in [-0.15, -0.1) is 0 Å². The summed E-state index contributed by atoms with van der Waals surface area (Å²) in [6, 6.07) is 52.2. The fraction of sp³-hybridized carbons (Fsp3) is 0. The van der Waals surface area contributed by atoms with Gasteiger partial charge in [0.1, 0.15) is 22.3 Å². The summed E-state index contributed by atoms with van der Waals surface area (Å²) in [5.41, 5.74) is 9.22. The number of rotatable bonds is 3. The number of benzene rings is 8. The Bertz CT molecular complexity index is 4070. The van der Waals surface area contributed by atoms with Gasteiger partial charge in [-0.05, 0) is 72.3 Å². The number of hydrogen-bond donors (Lipinski definition) is 0. The van der Waals surface area contributed by atoms with Crippen LogP contribution in [-0.4, -0.2) is 9.13 Å². The first-order valence-electron chi connectivity index (χ1n) is 19.2. The van der Waals surface area contributed by atoms with Crippen LogP contribution in [-0.2, 0) is 0 Å². The van der Waals surface area contributed by atoms with Gasteiger partial charge >= 0.3 is 0 Å². The molecule has 0 spiro atoms. The maximum Gasteiger partial charge on any atom is 0.219 e. The Hall–Kier alpha value is -9.08. The van der Waals surface area contributed by atoms with Gasteiger partial charge < -0.3 is 18.0 Å². The van der Waals surface area contributed by atoms with E-state index in [0.29, 0.717) is 22.4 Å². The van der Waals surface area contributed by atoms with Crippen molar-refractivity contribution in [3.05, 3.63) is 180 Å². The smallest absolute Gasteiger partial charge is 0.219 e. The fourth-order valence-corrected chi connectivity index (χ4v) is 9.45. The molecule has 0 aliphatic carbocycles. The molecule has 0 saturated heterocycles. The Morgan fingerprint density at radius 1 is 0.433 bits per heavy atom. The van der Waals surface area contributed by atoms with E-state index in [1.807, 2.05) is 120 Å². The quantitative estimate of drug-likeness (QED) is 0.167. The van der Waals surface area contributed by atoms with Crippen LogP contribution in [0.1, 0.15) is 11.1 Å². The van der Waals surface area contributed by atoms with Gasteiger partial charge in [-0.2, -0.15) is 10.5 Å². The molecule has 12 aromatic rings. The van der Waals surface area contributed by atoms with Crippen LogP contribution in [0.3, 0.4) is 0 Å². The van der Waals surface area contributed by atoms with Crippen molar-refractivity contribution < 1.29 is 8.83 Å². The van der Waals surface area contributed by atoms with E-state index in [2.05, 4.69) is 50.7 Å². The lowest BCUT2D eigenvalue weighted by Crippen LogP contribution is -2.01. The molecule has 8 heteroatoms. The van der Waals surface area contributed by atoms with E-state index in [-0.39, 0.29) is 16.9 Å². The van der Waals surface area contributed by atoms with E-state index in [4.69, 9.17) is 22.0 Å². The van der Waals surface area contributed by atoms with Crippen LogP contribution in [0.5, 0.6) is 0 Å². The third kappa shape index (κ3) is 4.28. The number of nitriles is 2. The van der Waals surface area contributed by atoms with Crippen LogP contribution in [0, 0.1) is 35.8 Å². The molecule has 8 aromatic carbocycles. The molecule has 0 fully saturated rings. The Balaban J connectivity index is 1.17. The minimum atomic E-state index is -0.0366. The molecule has 60 heavy (non-hydrogen) atoms. The lowest BCUT2D eigenvalue weighted by molar-refractivity contribution is 0.669. The Morgan fingerprint density at radius 2 is 0.950 bits per heavy atom. The zero-order valence-corrected chi connectivity index (χ0v) is 31.4. The third-order valence-corrected chi connectivity index (χ3v) is 11.8. The van der Waals surface area contributed by atoms with Crippen LogP contribution < -0.4 is 0 Å². The van der Waals surface area contributed by atoms with Crippen molar-refractivity contribution in [1.29, 1.82) is 10.5 Å². The summed E-state index contributed by atoms with van der Waals surface area (Å²) in [4.78, 5) is 7.74. The summed E-state index contributed by atoms with van der Waals surface area (Å²) >= 11 is 0. The Morgan fingerprint density at radius 3 is 1.52 bits per heavy atom. The largest absolute Gasteiger partial charge is 0.456 e. The number of furan rings is 2. The molecule has 4 heterocycles. The van der Waals surface area contributed by atoms with E-state index < -0.39 is 0 Å². The number of nitrogens with zero attached hydrogens (tertiary/aromatic N) is 6. The first-order chi connectivity index (χ1) is 29.6. The van der Waals surface area contributed by atoms with Gasteiger partial charge in [0.2, 0.25) is 11.4 Å². The van der Waals surface area contributed by atoms with Gasteiger partial charge in [0, 0.05) is 65.6 Å². The van der Waals surface area contributed by atoms with Crippen LogP contribution >= 0.6 is 0 Å². The number of aromatic nitrogens is 2. The van der Waals surface area contributed by atoms with Gasteiger partial charge in [-0.1, -0.05) is 78.9 Å². The summed E-state index contributed by atoms with van der Waals surface area (Å²) in [7, 11) is 0. The Kier molecular flexibility index (Phi) is 6.73. The minimum absolute atomic E-state index is 0.0329. The maximum absolute atomic E-state index is 11.0. The molecule has 0 amide bonds. The number of hydrogen-bond acceptors (Lipinski definition) is 4. The van der Waals surface area contributed by atoms with Crippen LogP contribution in [0.2, 0.25) is 0 Å². The average molecular weight is 765 g/mol. The monoisotopic (exact) mass is 764 g/mol. The Labute approximate surface area is 340 Å². The van der Waals surface area contributed by atoms with Gasteiger partial charge in [0.15, 0.2) is 0 Å². The van der Waals surface area contributed by atoms with E-state index >= 15 is 0 Å². The summed E-state index contributed by atoms with van der Waals surface area (Å²) in [6.45, 7) is 16.7. The summed E-state index contributed by atoms with van der Waals surface area (Å²) in [5, 5.41) is 29.4. The van der Waals surface area contributed by atoms with Crippen molar-refractivity contribution in [2.45, 2.75) is 0 Å². The molecule has 12 rings (SSSR count). The van der Waals surface area contributed by atoms with E-state index in [1.54, 1.807) is 6.07 Å². The standard InChI is InChI=1S/C52H24N6O2/c1-55-50-30(28-54)26-37(52(51(50)56-2)58-39-16-8-4-12-34(39)47-41(58)22-24-45-49(47)36-14-6-10-18-43(36)60-45)32-20-19-31(25-29(32)27-53)57-38-15-7-3-11-33(38)46-40(57)21-23-44-48(46)35-13-5-9-17-42(35)59-44/h3-26H. The van der Waals surface area contributed by atoms with E-state index in [9.17, 15) is 10.5 Å². The van der Waals surface area contributed by atoms with Crippen LogP contribution in [0.25, 0.3) is 120 Å². The molecule has 0 bridgehead atoms. The molecule has 0 radical (unpaired) electrons. The second-order valence-electron chi connectivity index (χ2n) is 14.8. The molecule has 274 valence electrons. The van der Waals surface area contributed by atoms with Crippen LogP contribution in [0.4, 0.5) is 11.4 Å². The molecular formula is C52H24N6O2. The maximum atomic E-state index is 11.0. The topological polar surface area (TPSA) is 92.4 Å². The van der Waals surface area contributed by atoms with Gasteiger partial charge in [0.05, 0.1) is 52.9 Å². The van der Waals surface area contributed by atoms with Crippen molar-refractivity contribution in [2.24, 2.45) is 0 Å². The summed E-state index contributed by atoms with van der Waals surface area (Å²) in [6.07, 6.45) is 0. The number of fused-ring (bicyclic) bond motifs is 14. The normalized spacial score (nSPS) is 11.6. The summed E-state index contributed by atoms with van der Waals surface area (Å²) < 4.78 is 16.8. The first kappa shape index (κ1) is 33.1. The lowest BCUT2D eigenvalue weighted by Gasteiger charge is -2.19. The van der Waals surface area contributed by atoms with Crippen molar-refractivity contribution in [1.82, 2.24) is 9.13 Å². The molecule has 8 nitrogen and oxygen atoms in total. The lowest BCUT2D eigenvalue weighted by atomic mass is 9.94. The molecule has 0 N–H and O–H groups in total. The van der Waals surface area contributed by atoms with Gasteiger partial charge in [-0.25, -0.2) is 9.69 Å². The zero-order valence-electron chi connectivity index (χ0n) is 31.4. The third-order valence-electron chi connectivity index (χ3n) is 11.8. The van der Waals surface area contributed by atoms with E-state index in [0.717, 1.165) is 93.2 Å². The summed E-state index contributed by atoms with van der Waals surface area (Å²) in [5.74, 6) is 0. The second kappa shape index (κ2) is 12.2. The average Bonchev–Trinajstić information content (AvgIpc) is 4.05. The second-order valence-corrected chi connectivity index (χ2v) is 14.8. The zero-order chi connectivity index (χ0) is 40.2. The molecule has 0 atom stereocenters. The van der Waals surface area contributed by atoms with Crippen molar-refractivity contribution in [2.75, 3.05) is 0 Å². The van der Waals surface area contributed by atoms with Gasteiger partial charge in [-0.3, -0.25) is 0 Å². The fourth-order valence-electron chi connectivity index (χ4n) is 9.45. The van der Waals surface area contributed by atoms with Crippen molar-refractivity contribution >= 4 is 98.9 Å². The first-order valence-corrected chi connectivity index (χ1v) is 19.2. The van der Waals surface area contributed by atoms with Crippen LogP contribution in [0.15, 0.2) is 154 Å². The highest BCUT2D eigenvalue weighted by Crippen LogP contribution is 2.50. The highest BCUT2D eigenvalue weighted by atomic mass is 16.3. The minimum Gasteiger partial charge on any atom is -0.456 e. The SMILES string of the molecule is [C-]#[N+]c1c(C#N)cc(-c2ccc(-n3c4ccccc4c4c5c(ccc43)oc3ccccc35)cc2C#N)c(-n2c3ccccc3c3c4c(ccc32)oc2ccccc24)c1[N+]#[C-]. The molecule has 0 saturated carbocycles. The van der Waals surface area contributed by atoms with Crippen molar-refractivity contribution in [3.8, 4) is 34.6 Å². The number of para-hydroxylation sites is 4. The molecular weight excluding hydrogens is 741 g/mol. The highest BCUT2D eigenvalue weighted by Gasteiger charge is 2.27. The van der Waals surface area contributed by atoms with Gasteiger partial charge in [0.25, 0.3) is 0 Å².